The number of carbonyl (C=O) groups excluding carboxylic acids is 2. The van der Waals surface area contributed by atoms with Crippen LogP contribution < -0.4 is 10.2 Å². The molecule has 3 aromatic heterocycles. The van der Waals surface area contributed by atoms with Gasteiger partial charge in [0, 0.05) is 41.2 Å². The number of rotatable bonds is 3. The first-order valence-corrected chi connectivity index (χ1v) is 9.41. The molecular weight excluding hydrogens is 386 g/mol. The van der Waals surface area contributed by atoms with Gasteiger partial charge in [-0.25, -0.2) is 9.69 Å². The van der Waals surface area contributed by atoms with Crippen molar-refractivity contribution in [2.24, 2.45) is 0 Å². The Labute approximate surface area is 168 Å². The van der Waals surface area contributed by atoms with Gasteiger partial charge in [-0.1, -0.05) is 34.7 Å². The largest absolute Gasteiger partial charge is 0.329 e. The Morgan fingerprint density at radius 2 is 1.77 bits per heavy atom. The van der Waals surface area contributed by atoms with Gasteiger partial charge in [0.1, 0.15) is 5.54 Å². The van der Waals surface area contributed by atoms with Crippen LogP contribution in [0.3, 0.4) is 0 Å². The van der Waals surface area contributed by atoms with E-state index in [4.69, 9.17) is 0 Å². The molecule has 6 rings (SSSR count). The van der Waals surface area contributed by atoms with Gasteiger partial charge in [0.2, 0.25) is 0 Å². The number of amides is 3. The summed E-state index contributed by atoms with van der Waals surface area (Å²) in [6.07, 6.45) is 6.96. The van der Waals surface area contributed by atoms with Gasteiger partial charge >= 0.3 is 6.03 Å². The zero-order valence-corrected chi connectivity index (χ0v) is 15.5. The predicted molar refractivity (Wildman–Crippen MR) is 103 cm³/mol. The van der Waals surface area contributed by atoms with Crippen LogP contribution in [0.1, 0.15) is 29.6 Å². The summed E-state index contributed by atoms with van der Waals surface area (Å²) in [4.78, 5) is 32.1. The fourth-order valence-corrected chi connectivity index (χ4v) is 4.70. The molecule has 3 N–H and O–H groups in total. The Balaban J connectivity index is 1.45. The van der Waals surface area contributed by atoms with Crippen LogP contribution in [0.2, 0.25) is 0 Å². The van der Waals surface area contributed by atoms with E-state index in [-0.39, 0.29) is 11.8 Å². The highest BCUT2D eigenvalue weighted by Gasteiger charge is 2.67. The van der Waals surface area contributed by atoms with E-state index in [2.05, 4.69) is 41.1 Å². The van der Waals surface area contributed by atoms with E-state index in [1.54, 1.807) is 18.6 Å². The fourth-order valence-electron chi connectivity index (χ4n) is 4.70. The number of aromatic nitrogens is 7. The van der Waals surface area contributed by atoms with Crippen LogP contribution in [0.4, 0.5) is 10.5 Å². The smallest absolute Gasteiger partial charge is 0.322 e. The summed E-state index contributed by atoms with van der Waals surface area (Å²) in [5.74, 6) is -0.896. The summed E-state index contributed by atoms with van der Waals surface area (Å²) in [5, 5.41) is 25.7. The first-order valence-electron chi connectivity index (χ1n) is 9.41. The van der Waals surface area contributed by atoms with Gasteiger partial charge in [-0.15, -0.1) is 10.2 Å². The van der Waals surface area contributed by atoms with Gasteiger partial charge in [0.25, 0.3) is 5.91 Å². The number of imide groups is 1. The number of aromatic amines is 2. The molecule has 1 saturated carbocycles. The summed E-state index contributed by atoms with van der Waals surface area (Å²) < 4.78 is 0. The number of hydrogen-bond donors (Lipinski definition) is 3. The van der Waals surface area contributed by atoms with Gasteiger partial charge in [0.15, 0.2) is 0 Å². The quantitative estimate of drug-likeness (QED) is 0.438. The first kappa shape index (κ1) is 16.8. The number of urea groups is 1. The van der Waals surface area contributed by atoms with E-state index in [1.807, 2.05) is 24.3 Å². The number of anilines is 1. The molecule has 11 nitrogen and oxygen atoms in total. The maximum atomic E-state index is 13.7. The van der Waals surface area contributed by atoms with E-state index in [9.17, 15) is 9.59 Å². The monoisotopic (exact) mass is 401 g/mol. The van der Waals surface area contributed by atoms with Crippen molar-refractivity contribution in [1.29, 1.82) is 0 Å². The van der Waals surface area contributed by atoms with Crippen molar-refractivity contribution in [3.63, 3.8) is 0 Å². The molecule has 1 aliphatic carbocycles. The SMILES string of the molecule is O=C1NC2(CC(c3c[nH]nn3)C2c2c[nH]nn2)C(=O)N1c1cncc2ccccc12. The lowest BCUT2D eigenvalue weighted by molar-refractivity contribution is -0.127. The third-order valence-corrected chi connectivity index (χ3v) is 6.05. The molecule has 1 aliphatic heterocycles. The number of carbonyl (C=O) groups is 2. The number of pyridine rings is 1. The third-order valence-electron chi connectivity index (χ3n) is 6.05. The maximum absolute atomic E-state index is 13.7. The average Bonchev–Trinajstić information content (AvgIpc) is 3.49. The minimum absolute atomic E-state index is 0.135. The van der Waals surface area contributed by atoms with Crippen molar-refractivity contribution >= 4 is 28.4 Å². The van der Waals surface area contributed by atoms with E-state index in [0.717, 1.165) is 10.8 Å². The lowest BCUT2D eigenvalue weighted by Crippen LogP contribution is -2.62. The molecule has 3 amide bonds. The maximum Gasteiger partial charge on any atom is 0.329 e. The second-order valence-electron chi connectivity index (χ2n) is 7.51. The minimum atomic E-state index is -1.13. The van der Waals surface area contributed by atoms with Crippen molar-refractivity contribution < 1.29 is 9.59 Å². The molecule has 2 aliphatic rings. The zero-order chi connectivity index (χ0) is 20.3. The highest BCUT2D eigenvalue weighted by atomic mass is 16.2. The van der Waals surface area contributed by atoms with Crippen LogP contribution in [-0.2, 0) is 4.79 Å². The van der Waals surface area contributed by atoms with Crippen LogP contribution >= 0.6 is 0 Å². The molecule has 1 saturated heterocycles. The number of nitrogens with one attached hydrogen (secondary N) is 3. The zero-order valence-electron chi connectivity index (χ0n) is 15.5. The number of benzene rings is 1. The lowest BCUT2D eigenvalue weighted by Gasteiger charge is -2.49. The van der Waals surface area contributed by atoms with Crippen molar-refractivity contribution in [2.45, 2.75) is 23.8 Å². The fraction of sp³-hybridized carbons (Fsp3) is 0.211. The standard InChI is InChI=1S/C19H15N9O2/c29-17-19(5-12(13-7-21-26-24-13)16(19)14-8-22-27-25-14)23-18(30)28(17)15-9-20-6-10-3-1-2-4-11(10)15/h1-4,6-9,12,16H,5H2,(H,23,30)(H,21,24,26)(H,22,25,27). The summed E-state index contributed by atoms with van der Waals surface area (Å²) in [6, 6.07) is 7.03. The molecule has 148 valence electrons. The van der Waals surface area contributed by atoms with Crippen LogP contribution in [-0.4, -0.2) is 53.3 Å². The Morgan fingerprint density at radius 3 is 2.53 bits per heavy atom. The number of fused-ring (bicyclic) bond motifs is 1. The molecule has 30 heavy (non-hydrogen) atoms. The summed E-state index contributed by atoms with van der Waals surface area (Å²) in [7, 11) is 0. The van der Waals surface area contributed by atoms with E-state index < -0.39 is 17.5 Å². The molecular formula is C19H15N9O2. The molecule has 1 aromatic carbocycles. The number of H-pyrrole nitrogens is 2. The second-order valence-corrected chi connectivity index (χ2v) is 7.51. The Bertz CT molecular complexity index is 1270. The van der Waals surface area contributed by atoms with Gasteiger partial charge < -0.3 is 5.32 Å². The van der Waals surface area contributed by atoms with Crippen LogP contribution in [0.25, 0.3) is 10.8 Å². The lowest BCUT2D eigenvalue weighted by atomic mass is 9.56. The highest BCUT2D eigenvalue weighted by Crippen LogP contribution is 2.57. The molecule has 1 spiro atoms. The van der Waals surface area contributed by atoms with E-state index in [0.29, 0.717) is 23.5 Å². The predicted octanol–water partition coefficient (Wildman–Crippen LogP) is 1.24. The van der Waals surface area contributed by atoms with Crippen LogP contribution in [0.15, 0.2) is 49.1 Å². The normalized spacial score (nSPS) is 25.7. The topological polar surface area (TPSA) is 145 Å². The van der Waals surface area contributed by atoms with Gasteiger partial charge in [-0.3, -0.25) is 20.0 Å². The van der Waals surface area contributed by atoms with Crippen LogP contribution in [0.5, 0.6) is 0 Å². The first-order chi connectivity index (χ1) is 14.7. The van der Waals surface area contributed by atoms with Crippen molar-refractivity contribution in [2.75, 3.05) is 4.90 Å². The molecule has 4 aromatic rings. The average molecular weight is 401 g/mol. The number of hydrogen-bond acceptors (Lipinski definition) is 7. The van der Waals surface area contributed by atoms with Crippen LogP contribution in [0, 0.1) is 0 Å². The molecule has 11 heteroatoms. The van der Waals surface area contributed by atoms with E-state index in [1.165, 1.54) is 11.1 Å². The number of nitrogens with zero attached hydrogens (tertiary/aromatic N) is 6. The summed E-state index contributed by atoms with van der Waals surface area (Å²) in [6.45, 7) is 0. The Morgan fingerprint density at radius 1 is 1.00 bits per heavy atom. The van der Waals surface area contributed by atoms with Gasteiger partial charge in [0.05, 0.1) is 23.3 Å². The molecule has 3 unspecified atom stereocenters. The minimum Gasteiger partial charge on any atom is -0.322 e. The Hall–Kier alpha value is -4.15. The van der Waals surface area contributed by atoms with Gasteiger partial charge in [-0.2, -0.15) is 0 Å². The van der Waals surface area contributed by atoms with Gasteiger partial charge in [-0.05, 0) is 6.42 Å². The third kappa shape index (κ3) is 2.11. The van der Waals surface area contributed by atoms with Crippen molar-refractivity contribution in [3.05, 3.63) is 60.4 Å². The molecule has 0 radical (unpaired) electrons. The van der Waals surface area contributed by atoms with Crippen molar-refractivity contribution in [3.8, 4) is 0 Å². The van der Waals surface area contributed by atoms with Crippen molar-refractivity contribution in [1.82, 2.24) is 41.1 Å². The molecule has 3 atom stereocenters. The molecule has 0 bridgehead atoms. The second kappa shape index (κ2) is 5.92. The highest BCUT2D eigenvalue weighted by molar-refractivity contribution is 6.26. The molecule has 4 heterocycles. The van der Waals surface area contributed by atoms with E-state index >= 15 is 0 Å². The Kier molecular flexibility index (Phi) is 3.31. The summed E-state index contributed by atoms with van der Waals surface area (Å²) >= 11 is 0. The molecule has 2 fully saturated rings. The summed E-state index contributed by atoms with van der Waals surface area (Å²) in [5.41, 5.74) is 0.618.